The highest BCUT2D eigenvalue weighted by atomic mass is 32.2. The van der Waals surface area contributed by atoms with Gasteiger partial charge in [0.25, 0.3) is 0 Å². The van der Waals surface area contributed by atoms with E-state index in [-0.39, 0.29) is 16.9 Å². The van der Waals surface area contributed by atoms with E-state index in [1.54, 1.807) is 11.8 Å². The van der Waals surface area contributed by atoms with Gasteiger partial charge >= 0.3 is 5.97 Å². The second kappa shape index (κ2) is 5.23. The molecule has 98 valence electrons. The smallest absolute Gasteiger partial charge is 0.323 e. The Morgan fingerprint density at radius 1 is 1.59 bits per heavy atom. The van der Waals surface area contributed by atoms with Crippen molar-refractivity contribution in [2.24, 2.45) is 0 Å². The van der Waals surface area contributed by atoms with Crippen molar-refractivity contribution in [1.29, 1.82) is 0 Å². The second-order valence-electron chi connectivity index (χ2n) is 4.19. The first kappa shape index (κ1) is 13.3. The van der Waals surface area contributed by atoms with Crippen LogP contribution in [0.4, 0.5) is 0 Å². The number of methoxy groups -OCH3 is 1. The molecular weight excluding hydrogens is 264 g/mol. The fourth-order valence-electron chi connectivity index (χ4n) is 2.21. The molecule has 0 aromatic heterocycles. The van der Waals surface area contributed by atoms with Crippen molar-refractivity contribution in [2.45, 2.75) is 23.8 Å². The Labute approximate surface area is 107 Å². The maximum Gasteiger partial charge on any atom is 0.323 e. The first-order valence-corrected chi connectivity index (χ1v) is 7.47. The Morgan fingerprint density at radius 3 is 2.76 bits per heavy atom. The highest BCUT2D eigenvalue weighted by Gasteiger charge is 2.44. The molecule has 2 aliphatic heterocycles. The third-order valence-corrected chi connectivity index (χ3v) is 5.59. The molecule has 6 nitrogen and oxygen atoms in total. The van der Waals surface area contributed by atoms with Crippen LogP contribution in [0.5, 0.6) is 0 Å². The first-order chi connectivity index (χ1) is 8.06. The molecule has 2 rings (SSSR count). The maximum atomic E-state index is 11.4. The lowest BCUT2D eigenvalue weighted by Crippen LogP contribution is -2.52. The van der Waals surface area contributed by atoms with Gasteiger partial charge in [0.05, 0.1) is 12.0 Å². The monoisotopic (exact) mass is 280 g/mol. The molecule has 2 saturated heterocycles. The van der Waals surface area contributed by atoms with Gasteiger partial charge in [-0.2, -0.15) is 0 Å². The van der Waals surface area contributed by atoms with Gasteiger partial charge in [-0.25, -0.2) is 8.51 Å². The molecule has 0 radical (unpaired) electrons. The predicted molar refractivity (Wildman–Crippen MR) is 65.7 cm³/mol. The molecule has 0 aromatic rings. The van der Waals surface area contributed by atoms with Gasteiger partial charge in [0.15, 0.2) is 0 Å². The fourth-order valence-corrected chi connectivity index (χ4v) is 4.10. The molecule has 0 amide bonds. The number of hydrogen-bond acceptors (Lipinski definition) is 5. The van der Waals surface area contributed by atoms with Crippen LogP contribution in [-0.2, 0) is 20.8 Å². The minimum atomic E-state index is -1.88. The lowest BCUT2D eigenvalue weighted by Gasteiger charge is -2.37. The number of rotatable bonds is 2. The SMILES string of the molecule is COC(=O)[C@@H]1CSC2(CCN(S(=O)O)CC2)N1. The third kappa shape index (κ3) is 2.82. The zero-order chi connectivity index (χ0) is 12.5. The number of nitrogens with one attached hydrogen (secondary N) is 1. The van der Waals surface area contributed by atoms with Crippen LogP contribution in [-0.4, -0.2) is 55.9 Å². The lowest BCUT2D eigenvalue weighted by atomic mass is 10.1. The molecule has 2 aliphatic rings. The van der Waals surface area contributed by atoms with Crippen molar-refractivity contribution in [1.82, 2.24) is 9.62 Å². The summed E-state index contributed by atoms with van der Waals surface area (Å²) in [5, 5.41) is 3.30. The number of carbonyl (C=O) groups excluding carboxylic acids is 1. The summed E-state index contributed by atoms with van der Waals surface area (Å²) < 4.78 is 26.1. The van der Waals surface area contributed by atoms with Crippen molar-refractivity contribution in [3.8, 4) is 0 Å². The molecule has 1 unspecified atom stereocenters. The van der Waals surface area contributed by atoms with Crippen LogP contribution in [0, 0.1) is 0 Å². The van der Waals surface area contributed by atoms with Crippen LogP contribution in [0.2, 0.25) is 0 Å². The molecule has 0 saturated carbocycles. The van der Waals surface area contributed by atoms with Crippen molar-refractivity contribution in [2.75, 3.05) is 26.0 Å². The van der Waals surface area contributed by atoms with Crippen LogP contribution in [0.25, 0.3) is 0 Å². The second-order valence-corrected chi connectivity index (χ2v) is 6.57. The topological polar surface area (TPSA) is 78.9 Å². The number of carbonyl (C=O) groups is 1. The summed E-state index contributed by atoms with van der Waals surface area (Å²) in [6, 6.07) is -0.254. The molecule has 0 aromatic carbocycles. The summed E-state index contributed by atoms with van der Waals surface area (Å²) in [5.41, 5.74) is 0. The molecule has 1 spiro atoms. The molecular formula is C9H16N2O4S2. The summed E-state index contributed by atoms with van der Waals surface area (Å²) >= 11 is -0.171. The largest absolute Gasteiger partial charge is 0.468 e. The average Bonchev–Trinajstić information content (AvgIpc) is 2.73. The molecule has 2 fully saturated rings. The summed E-state index contributed by atoms with van der Waals surface area (Å²) in [7, 11) is 1.39. The molecule has 2 atom stereocenters. The van der Waals surface area contributed by atoms with E-state index in [1.807, 2.05) is 0 Å². The van der Waals surface area contributed by atoms with Crippen molar-refractivity contribution < 1.29 is 18.3 Å². The Hall–Kier alpha value is -0.150. The van der Waals surface area contributed by atoms with Crippen molar-refractivity contribution in [3.63, 3.8) is 0 Å². The minimum Gasteiger partial charge on any atom is -0.468 e. The summed E-state index contributed by atoms with van der Waals surface area (Å²) in [4.78, 5) is 11.3. The zero-order valence-corrected chi connectivity index (χ0v) is 11.2. The number of ether oxygens (including phenoxy) is 1. The van der Waals surface area contributed by atoms with Gasteiger partial charge in [-0.15, -0.1) is 11.8 Å². The van der Waals surface area contributed by atoms with Crippen LogP contribution in [0.1, 0.15) is 12.8 Å². The quantitative estimate of drug-likeness (QED) is 0.538. The van der Waals surface area contributed by atoms with E-state index in [2.05, 4.69) is 5.32 Å². The van der Waals surface area contributed by atoms with Crippen LogP contribution in [0.15, 0.2) is 0 Å². The average molecular weight is 280 g/mol. The summed E-state index contributed by atoms with van der Waals surface area (Å²) in [5.74, 6) is 0.470. The molecule has 0 aliphatic carbocycles. The van der Waals surface area contributed by atoms with E-state index >= 15 is 0 Å². The van der Waals surface area contributed by atoms with Crippen LogP contribution >= 0.6 is 11.8 Å². The standard InChI is InChI=1S/C9H16N2O4S2/c1-15-8(12)7-6-16-9(10-7)2-4-11(5-3-9)17(13)14/h7,10H,2-6H2,1H3,(H,13,14)/t7-/m0/s1. The third-order valence-electron chi connectivity index (χ3n) is 3.20. The molecule has 2 heterocycles. The zero-order valence-electron chi connectivity index (χ0n) is 9.55. The van der Waals surface area contributed by atoms with Crippen LogP contribution in [0.3, 0.4) is 0 Å². The maximum absolute atomic E-state index is 11.4. The number of piperidine rings is 1. The van der Waals surface area contributed by atoms with E-state index < -0.39 is 11.3 Å². The number of thioether (sulfide) groups is 1. The lowest BCUT2D eigenvalue weighted by molar-refractivity contribution is -0.142. The van der Waals surface area contributed by atoms with Gasteiger partial charge in [0.1, 0.15) is 6.04 Å². The van der Waals surface area contributed by atoms with Gasteiger partial charge in [-0.3, -0.25) is 14.7 Å². The number of esters is 1. The van der Waals surface area contributed by atoms with Gasteiger partial charge in [0, 0.05) is 18.8 Å². The van der Waals surface area contributed by atoms with E-state index in [4.69, 9.17) is 9.29 Å². The Morgan fingerprint density at radius 2 is 2.24 bits per heavy atom. The number of nitrogens with zero attached hydrogens (tertiary/aromatic N) is 1. The van der Waals surface area contributed by atoms with E-state index in [0.717, 1.165) is 12.8 Å². The predicted octanol–water partition coefficient (Wildman–Crippen LogP) is -0.207. The normalized spacial score (nSPS) is 30.4. The molecule has 17 heavy (non-hydrogen) atoms. The van der Waals surface area contributed by atoms with Gasteiger partial charge in [-0.1, -0.05) is 0 Å². The summed E-state index contributed by atoms with van der Waals surface area (Å²) in [6.45, 7) is 1.13. The Kier molecular flexibility index (Phi) is 4.09. The van der Waals surface area contributed by atoms with E-state index in [0.29, 0.717) is 18.8 Å². The van der Waals surface area contributed by atoms with Gasteiger partial charge in [-0.05, 0) is 12.8 Å². The van der Waals surface area contributed by atoms with Gasteiger partial charge < -0.3 is 4.74 Å². The molecule has 2 N–H and O–H groups in total. The Balaban J connectivity index is 1.92. The summed E-state index contributed by atoms with van der Waals surface area (Å²) in [6.07, 6.45) is 1.52. The van der Waals surface area contributed by atoms with Crippen molar-refractivity contribution >= 4 is 29.0 Å². The van der Waals surface area contributed by atoms with Crippen molar-refractivity contribution in [3.05, 3.63) is 0 Å². The number of hydrogen-bond donors (Lipinski definition) is 2. The minimum absolute atomic E-state index is 0.130. The highest BCUT2D eigenvalue weighted by Crippen LogP contribution is 2.39. The Bertz CT molecular complexity index is 331. The fraction of sp³-hybridized carbons (Fsp3) is 0.889. The molecule has 0 bridgehead atoms. The van der Waals surface area contributed by atoms with Crippen LogP contribution < -0.4 is 5.32 Å². The van der Waals surface area contributed by atoms with E-state index in [9.17, 15) is 9.00 Å². The molecule has 8 heteroatoms. The van der Waals surface area contributed by atoms with Gasteiger partial charge in [0.2, 0.25) is 11.3 Å². The first-order valence-electron chi connectivity index (χ1n) is 5.42. The van der Waals surface area contributed by atoms with E-state index in [1.165, 1.54) is 11.4 Å². The highest BCUT2D eigenvalue weighted by molar-refractivity contribution is 8.01.